The maximum absolute atomic E-state index is 9.08. The molecule has 0 N–H and O–H groups in total. The van der Waals surface area contributed by atoms with Crippen LogP contribution in [0.5, 0.6) is 0 Å². The molecule has 2 nitrogen and oxygen atoms in total. The fraction of sp³-hybridized carbons (Fsp3) is 0.417. The van der Waals surface area contributed by atoms with Gasteiger partial charge in [-0.25, -0.2) is 0 Å². The third kappa shape index (κ3) is 2.32. The Morgan fingerprint density at radius 2 is 2.00 bits per heavy atom. The van der Waals surface area contributed by atoms with E-state index in [4.69, 9.17) is 5.26 Å². The van der Waals surface area contributed by atoms with Crippen molar-refractivity contribution in [3.05, 3.63) is 28.7 Å². The SMILES string of the molecule is N#CC1CCCCN1c1ccc(Br)cc1. The highest BCUT2D eigenvalue weighted by Crippen LogP contribution is 2.25. The van der Waals surface area contributed by atoms with Crippen LogP contribution in [0.1, 0.15) is 19.3 Å². The van der Waals surface area contributed by atoms with Gasteiger partial charge in [-0.2, -0.15) is 5.26 Å². The Hall–Kier alpha value is -1.01. The molecule has 2 rings (SSSR count). The molecule has 0 aromatic heterocycles. The summed E-state index contributed by atoms with van der Waals surface area (Å²) in [7, 11) is 0. The number of benzene rings is 1. The molecule has 1 aliphatic heterocycles. The molecule has 1 aromatic carbocycles. The molecular weight excluding hydrogens is 252 g/mol. The first-order valence-corrected chi connectivity index (χ1v) is 6.02. The Bertz CT molecular complexity index is 366. The van der Waals surface area contributed by atoms with Crippen LogP contribution in [0.3, 0.4) is 0 Å². The first kappa shape index (κ1) is 10.5. The molecule has 1 unspecified atom stereocenters. The minimum atomic E-state index is 0.0555. The lowest BCUT2D eigenvalue weighted by Crippen LogP contribution is -2.38. The van der Waals surface area contributed by atoms with Crippen molar-refractivity contribution in [3.8, 4) is 6.07 Å². The van der Waals surface area contributed by atoms with Crippen molar-refractivity contribution >= 4 is 21.6 Å². The minimum absolute atomic E-state index is 0.0555. The Kier molecular flexibility index (Phi) is 3.27. The maximum atomic E-state index is 9.08. The van der Waals surface area contributed by atoms with Crippen LogP contribution in [0.2, 0.25) is 0 Å². The summed E-state index contributed by atoms with van der Waals surface area (Å²) in [4.78, 5) is 2.20. The van der Waals surface area contributed by atoms with Crippen LogP contribution >= 0.6 is 15.9 Å². The largest absolute Gasteiger partial charge is 0.356 e. The van der Waals surface area contributed by atoms with E-state index in [1.54, 1.807) is 0 Å². The van der Waals surface area contributed by atoms with Gasteiger partial charge >= 0.3 is 0 Å². The van der Waals surface area contributed by atoms with E-state index < -0.39 is 0 Å². The van der Waals surface area contributed by atoms with E-state index in [0.29, 0.717) is 0 Å². The van der Waals surface area contributed by atoms with Gasteiger partial charge < -0.3 is 4.90 Å². The normalized spacial score (nSPS) is 21.1. The van der Waals surface area contributed by atoms with E-state index in [1.807, 2.05) is 12.1 Å². The number of rotatable bonds is 1. The van der Waals surface area contributed by atoms with Crippen molar-refractivity contribution in [3.63, 3.8) is 0 Å². The molecule has 0 aliphatic carbocycles. The number of piperidine rings is 1. The van der Waals surface area contributed by atoms with E-state index >= 15 is 0 Å². The summed E-state index contributed by atoms with van der Waals surface area (Å²) in [6.45, 7) is 1.000. The second-order valence-corrected chi connectivity index (χ2v) is 4.73. The molecule has 3 heteroatoms. The van der Waals surface area contributed by atoms with Gasteiger partial charge in [0.1, 0.15) is 6.04 Å². The zero-order valence-electron chi connectivity index (χ0n) is 8.49. The van der Waals surface area contributed by atoms with Gasteiger partial charge in [-0.15, -0.1) is 0 Å². The summed E-state index contributed by atoms with van der Waals surface area (Å²) >= 11 is 3.42. The van der Waals surface area contributed by atoms with Crippen molar-refractivity contribution in [1.82, 2.24) is 0 Å². The van der Waals surface area contributed by atoms with Gasteiger partial charge in [0.05, 0.1) is 6.07 Å². The molecule has 0 amide bonds. The molecule has 0 bridgehead atoms. The number of halogens is 1. The predicted molar refractivity (Wildman–Crippen MR) is 64.7 cm³/mol. The van der Waals surface area contributed by atoms with Gasteiger partial charge in [0.25, 0.3) is 0 Å². The van der Waals surface area contributed by atoms with Gasteiger partial charge in [-0.05, 0) is 43.5 Å². The molecule has 1 aromatic rings. The Morgan fingerprint density at radius 3 is 2.67 bits per heavy atom. The number of nitriles is 1. The van der Waals surface area contributed by atoms with Gasteiger partial charge in [-0.3, -0.25) is 0 Å². The molecule has 78 valence electrons. The van der Waals surface area contributed by atoms with Gasteiger partial charge in [0.2, 0.25) is 0 Å². The molecular formula is C12H13BrN2. The Labute approximate surface area is 98.6 Å². The number of anilines is 1. The fourth-order valence-electron chi connectivity index (χ4n) is 2.01. The molecule has 0 saturated carbocycles. The third-order valence-electron chi connectivity index (χ3n) is 2.81. The first-order chi connectivity index (χ1) is 7.31. The van der Waals surface area contributed by atoms with E-state index in [0.717, 1.165) is 23.1 Å². The quantitative estimate of drug-likeness (QED) is 0.778. The lowest BCUT2D eigenvalue weighted by Gasteiger charge is -2.33. The lowest BCUT2D eigenvalue weighted by atomic mass is 10.0. The average Bonchev–Trinajstić information content (AvgIpc) is 2.30. The van der Waals surface area contributed by atoms with Crippen molar-refractivity contribution in [2.24, 2.45) is 0 Å². The Morgan fingerprint density at radius 1 is 1.27 bits per heavy atom. The molecule has 1 fully saturated rings. The second kappa shape index (κ2) is 4.67. The molecule has 1 saturated heterocycles. The summed E-state index contributed by atoms with van der Waals surface area (Å²) < 4.78 is 1.08. The maximum Gasteiger partial charge on any atom is 0.116 e. The van der Waals surface area contributed by atoms with Crippen LogP contribution in [0, 0.1) is 11.3 Å². The van der Waals surface area contributed by atoms with Crippen LogP contribution < -0.4 is 4.90 Å². The summed E-state index contributed by atoms with van der Waals surface area (Å²) in [6.07, 6.45) is 3.35. The topological polar surface area (TPSA) is 27.0 Å². The van der Waals surface area contributed by atoms with Crippen LogP contribution in [0.25, 0.3) is 0 Å². The molecule has 15 heavy (non-hydrogen) atoms. The van der Waals surface area contributed by atoms with Crippen molar-refractivity contribution in [2.45, 2.75) is 25.3 Å². The Balaban J connectivity index is 2.21. The van der Waals surface area contributed by atoms with Gasteiger partial charge in [0, 0.05) is 16.7 Å². The highest BCUT2D eigenvalue weighted by Gasteiger charge is 2.21. The molecule has 1 aliphatic rings. The first-order valence-electron chi connectivity index (χ1n) is 5.23. The third-order valence-corrected chi connectivity index (χ3v) is 3.34. The summed E-state index contributed by atoms with van der Waals surface area (Å²) in [6, 6.07) is 10.6. The molecule has 0 spiro atoms. The summed E-state index contributed by atoms with van der Waals surface area (Å²) in [5.41, 5.74) is 1.16. The zero-order valence-corrected chi connectivity index (χ0v) is 10.1. The van der Waals surface area contributed by atoms with Gasteiger partial charge in [0.15, 0.2) is 0 Å². The van der Waals surface area contributed by atoms with E-state index in [-0.39, 0.29) is 6.04 Å². The van der Waals surface area contributed by atoms with Crippen LogP contribution in [0.4, 0.5) is 5.69 Å². The van der Waals surface area contributed by atoms with Crippen LogP contribution in [-0.4, -0.2) is 12.6 Å². The molecule has 0 radical (unpaired) electrons. The number of hydrogen-bond acceptors (Lipinski definition) is 2. The minimum Gasteiger partial charge on any atom is -0.356 e. The number of nitrogens with zero attached hydrogens (tertiary/aromatic N) is 2. The summed E-state index contributed by atoms with van der Waals surface area (Å²) in [5.74, 6) is 0. The predicted octanol–water partition coefficient (Wildman–Crippen LogP) is 3.33. The second-order valence-electron chi connectivity index (χ2n) is 3.81. The standard InChI is InChI=1S/C12H13BrN2/c13-10-4-6-11(7-5-10)15-8-2-1-3-12(15)9-14/h4-7,12H,1-3,8H2. The zero-order chi connectivity index (χ0) is 10.7. The lowest BCUT2D eigenvalue weighted by molar-refractivity contribution is 0.521. The average molecular weight is 265 g/mol. The van der Waals surface area contributed by atoms with Crippen LogP contribution in [-0.2, 0) is 0 Å². The fourth-order valence-corrected chi connectivity index (χ4v) is 2.27. The number of hydrogen-bond donors (Lipinski definition) is 0. The van der Waals surface area contributed by atoms with Crippen molar-refractivity contribution in [2.75, 3.05) is 11.4 Å². The van der Waals surface area contributed by atoms with Crippen LogP contribution in [0.15, 0.2) is 28.7 Å². The molecule has 1 atom stereocenters. The van der Waals surface area contributed by atoms with E-state index in [9.17, 15) is 0 Å². The van der Waals surface area contributed by atoms with E-state index in [1.165, 1.54) is 12.8 Å². The summed E-state index contributed by atoms with van der Waals surface area (Å²) in [5, 5.41) is 9.08. The van der Waals surface area contributed by atoms with Crippen molar-refractivity contribution in [1.29, 1.82) is 5.26 Å². The van der Waals surface area contributed by atoms with Crippen molar-refractivity contribution < 1.29 is 0 Å². The highest BCUT2D eigenvalue weighted by atomic mass is 79.9. The van der Waals surface area contributed by atoms with Gasteiger partial charge in [-0.1, -0.05) is 15.9 Å². The smallest absolute Gasteiger partial charge is 0.116 e. The monoisotopic (exact) mass is 264 g/mol. The molecule has 1 heterocycles. The highest BCUT2D eigenvalue weighted by molar-refractivity contribution is 9.10. The van der Waals surface area contributed by atoms with E-state index in [2.05, 4.69) is 39.0 Å².